The molecular weight excluding hydrogens is 268 g/mol. The second kappa shape index (κ2) is 4.76. The van der Waals surface area contributed by atoms with Crippen LogP contribution in [-0.4, -0.2) is 14.5 Å². The van der Waals surface area contributed by atoms with Gasteiger partial charge in [-0.3, -0.25) is 4.98 Å². The summed E-state index contributed by atoms with van der Waals surface area (Å²) in [7, 11) is 0. The van der Waals surface area contributed by atoms with Crippen LogP contribution in [0.15, 0.2) is 35.2 Å². The highest BCUT2D eigenvalue weighted by Crippen LogP contribution is 2.17. The average molecular weight is 281 g/mol. The molecule has 2 heterocycles. The van der Waals surface area contributed by atoms with Crippen LogP contribution in [0, 0.1) is 0 Å². The van der Waals surface area contributed by atoms with Crippen molar-refractivity contribution < 1.29 is 0 Å². The van der Waals surface area contributed by atoms with E-state index in [1.807, 2.05) is 22.9 Å². The smallest absolute Gasteiger partial charge is 0.131 e. The summed E-state index contributed by atoms with van der Waals surface area (Å²) in [4.78, 5) is 8.56. The van der Waals surface area contributed by atoms with Crippen LogP contribution in [-0.2, 0) is 6.54 Å². The molecule has 0 radical (unpaired) electrons. The number of nitrogens with two attached hydrogens (primary N) is 1. The van der Waals surface area contributed by atoms with E-state index in [1.165, 1.54) is 0 Å². The van der Waals surface area contributed by atoms with Crippen molar-refractivity contribution in [3.8, 4) is 0 Å². The summed E-state index contributed by atoms with van der Waals surface area (Å²) in [6.45, 7) is 2.92. The van der Waals surface area contributed by atoms with Crippen molar-refractivity contribution in [1.82, 2.24) is 14.5 Å². The summed E-state index contributed by atoms with van der Waals surface area (Å²) in [5.41, 5.74) is 6.95. The van der Waals surface area contributed by atoms with Crippen LogP contribution in [0.2, 0.25) is 0 Å². The van der Waals surface area contributed by atoms with Crippen LogP contribution in [0.5, 0.6) is 0 Å². The number of halogens is 1. The van der Waals surface area contributed by atoms with Crippen LogP contribution in [0.1, 0.15) is 24.5 Å². The second-order valence-corrected chi connectivity index (χ2v) is 4.37. The molecule has 0 saturated carbocycles. The van der Waals surface area contributed by atoms with Crippen molar-refractivity contribution in [3.63, 3.8) is 0 Å². The van der Waals surface area contributed by atoms with Gasteiger partial charge in [-0.25, -0.2) is 4.98 Å². The van der Waals surface area contributed by atoms with Gasteiger partial charge in [-0.15, -0.1) is 0 Å². The molecule has 0 fully saturated rings. The third-order valence-electron chi connectivity index (χ3n) is 2.44. The van der Waals surface area contributed by atoms with Gasteiger partial charge in [0.25, 0.3) is 0 Å². The summed E-state index contributed by atoms with van der Waals surface area (Å²) in [6, 6.07) is 3.56. The highest BCUT2D eigenvalue weighted by Gasteiger charge is 2.14. The SMILES string of the molecule is CCn1ccnc1C(N)c1ccc(Br)cn1. The van der Waals surface area contributed by atoms with E-state index in [0.717, 1.165) is 22.5 Å². The number of hydrogen-bond donors (Lipinski definition) is 1. The Balaban J connectivity index is 2.31. The van der Waals surface area contributed by atoms with Gasteiger partial charge in [0, 0.05) is 29.6 Å². The van der Waals surface area contributed by atoms with Crippen molar-refractivity contribution in [2.45, 2.75) is 19.5 Å². The lowest BCUT2D eigenvalue weighted by Gasteiger charge is -2.12. The zero-order valence-electron chi connectivity index (χ0n) is 8.97. The fourth-order valence-electron chi connectivity index (χ4n) is 1.57. The van der Waals surface area contributed by atoms with Gasteiger partial charge in [0.05, 0.1) is 5.69 Å². The Morgan fingerprint density at radius 2 is 2.25 bits per heavy atom. The summed E-state index contributed by atoms with van der Waals surface area (Å²) in [5.74, 6) is 0.845. The van der Waals surface area contributed by atoms with Crippen LogP contribution in [0.4, 0.5) is 0 Å². The van der Waals surface area contributed by atoms with Crippen molar-refractivity contribution in [1.29, 1.82) is 0 Å². The predicted molar refractivity (Wildman–Crippen MR) is 65.9 cm³/mol. The maximum absolute atomic E-state index is 6.13. The highest BCUT2D eigenvalue weighted by molar-refractivity contribution is 9.10. The van der Waals surface area contributed by atoms with Crippen LogP contribution in [0.3, 0.4) is 0 Å². The first-order chi connectivity index (χ1) is 7.72. The lowest BCUT2D eigenvalue weighted by Crippen LogP contribution is -2.18. The Labute approximate surface area is 103 Å². The number of rotatable bonds is 3. The summed E-state index contributed by atoms with van der Waals surface area (Å²) in [5, 5.41) is 0. The third-order valence-corrected chi connectivity index (χ3v) is 2.90. The van der Waals surface area contributed by atoms with Crippen LogP contribution in [0.25, 0.3) is 0 Å². The third kappa shape index (κ3) is 2.15. The Bertz CT molecular complexity index is 463. The minimum absolute atomic E-state index is 0.275. The van der Waals surface area contributed by atoms with E-state index in [9.17, 15) is 0 Å². The molecule has 0 aromatic carbocycles. The first-order valence-corrected chi connectivity index (χ1v) is 5.89. The predicted octanol–water partition coefficient (Wildman–Crippen LogP) is 2.11. The molecule has 2 N–H and O–H groups in total. The monoisotopic (exact) mass is 280 g/mol. The number of aryl methyl sites for hydroxylation is 1. The summed E-state index contributed by atoms with van der Waals surface area (Å²) >= 11 is 3.35. The lowest BCUT2D eigenvalue weighted by molar-refractivity contribution is 0.647. The van der Waals surface area contributed by atoms with Crippen LogP contribution < -0.4 is 5.73 Å². The van der Waals surface area contributed by atoms with Crippen molar-refractivity contribution in [2.24, 2.45) is 5.73 Å². The maximum atomic E-state index is 6.13. The molecule has 4 nitrogen and oxygen atoms in total. The van der Waals surface area contributed by atoms with E-state index in [1.54, 1.807) is 12.4 Å². The Hall–Kier alpha value is -1.20. The van der Waals surface area contributed by atoms with Gasteiger partial charge in [-0.2, -0.15) is 0 Å². The molecule has 0 aliphatic rings. The molecule has 0 amide bonds. The number of hydrogen-bond acceptors (Lipinski definition) is 3. The molecule has 2 aromatic heterocycles. The second-order valence-electron chi connectivity index (χ2n) is 3.45. The van der Waals surface area contributed by atoms with Gasteiger partial charge >= 0.3 is 0 Å². The van der Waals surface area contributed by atoms with Crippen LogP contribution >= 0.6 is 15.9 Å². The van der Waals surface area contributed by atoms with Crippen molar-refractivity contribution in [3.05, 3.63) is 46.7 Å². The van der Waals surface area contributed by atoms with Gasteiger partial charge in [-0.1, -0.05) is 0 Å². The molecule has 0 aliphatic carbocycles. The Morgan fingerprint density at radius 1 is 1.44 bits per heavy atom. The first kappa shape index (κ1) is 11.3. The maximum Gasteiger partial charge on any atom is 0.131 e. The molecule has 5 heteroatoms. The topological polar surface area (TPSA) is 56.7 Å². The Kier molecular flexibility index (Phi) is 3.36. The van der Waals surface area contributed by atoms with E-state index < -0.39 is 0 Å². The molecule has 0 aliphatic heterocycles. The standard InChI is InChI=1S/C11H13BrN4/c1-2-16-6-5-14-11(16)10(13)9-4-3-8(12)7-15-9/h3-7,10H,2,13H2,1H3. The number of nitrogens with zero attached hydrogens (tertiary/aromatic N) is 3. The molecule has 16 heavy (non-hydrogen) atoms. The highest BCUT2D eigenvalue weighted by atomic mass is 79.9. The van der Waals surface area contributed by atoms with Gasteiger partial charge in [0.2, 0.25) is 0 Å². The zero-order chi connectivity index (χ0) is 11.5. The minimum Gasteiger partial charge on any atom is -0.334 e. The average Bonchev–Trinajstić information content (AvgIpc) is 2.77. The summed E-state index contributed by atoms with van der Waals surface area (Å²) < 4.78 is 2.97. The van der Waals surface area contributed by atoms with E-state index in [2.05, 4.69) is 32.8 Å². The van der Waals surface area contributed by atoms with Gasteiger partial charge in [0.1, 0.15) is 11.9 Å². The molecule has 0 spiro atoms. The molecule has 1 atom stereocenters. The first-order valence-electron chi connectivity index (χ1n) is 5.10. The molecule has 0 bridgehead atoms. The van der Waals surface area contributed by atoms with Gasteiger partial charge in [0.15, 0.2) is 0 Å². The van der Waals surface area contributed by atoms with E-state index >= 15 is 0 Å². The zero-order valence-corrected chi connectivity index (χ0v) is 10.6. The molecule has 2 rings (SSSR count). The minimum atomic E-state index is -0.275. The van der Waals surface area contributed by atoms with Gasteiger partial charge in [-0.05, 0) is 35.0 Å². The molecular formula is C11H13BrN4. The molecule has 1 unspecified atom stereocenters. The van der Waals surface area contributed by atoms with E-state index in [4.69, 9.17) is 5.73 Å². The van der Waals surface area contributed by atoms with Gasteiger partial charge < -0.3 is 10.3 Å². The lowest BCUT2D eigenvalue weighted by atomic mass is 10.2. The Morgan fingerprint density at radius 3 is 2.88 bits per heavy atom. The van der Waals surface area contributed by atoms with Crippen molar-refractivity contribution >= 4 is 15.9 Å². The molecule has 2 aromatic rings. The summed E-state index contributed by atoms with van der Waals surface area (Å²) in [6.07, 6.45) is 5.43. The van der Waals surface area contributed by atoms with E-state index in [0.29, 0.717) is 0 Å². The number of pyridine rings is 1. The fraction of sp³-hybridized carbons (Fsp3) is 0.273. The number of imidazole rings is 1. The largest absolute Gasteiger partial charge is 0.334 e. The van der Waals surface area contributed by atoms with E-state index in [-0.39, 0.29) is 6.04 Å². The quantitative estimate of drug-likeness (QED) is 0.937. The molecule has 84 valence electrons. The number of aromatic nitrogens is 3. The molecule has 0 saturated heterocycles. The fourth-order valence-corrected chi connectivity index (χ4v) is 1.81. The van der Waals surface area contributed by atoms with Crippen molar-refractivity contribution in [2.75, 3.05) is 0 Å². The normalized spacial score (nSPS) is 12.7.